The van der Waals surface area contributed by atoms with Crippen LogP contribution in [0.25, 0.3) is 0 Å². The number of nitrogens with one attached hydrogen (secondary N) is 1. The molecule has 1 heterocycles. The zero-order valence-corrected chi connectivity index (χ0v) is 10.1. The molecule has 0 aliphatic carbocycles. The number of anilines is 1. The Morgan fingerprint density at radius 1 is 1.21 bits per heavy atom. The third-order valence-corrected chi connectivity index (χ3v) is 2.32. The van der Waals surface area contributed by atoms with Crippen LogP contribution in [0.15, 0.2) is 48.7 Å². The molecule has 96 valence electrons. The number of hydrogen-bond acceptors (Lipinski definition) is 4. The molecule has 0 unspecified atom stereocenters. The fourth-order valence-electron chi connectivity index (χ4n) is 1.41. The third-order valence-electron chi connectivity index (χ3n) is 2.32. The maximum Gasteiger partial charge on any atom is 0.263 e. The largest absolute Gasteiger partial charge is 0.484 e. The number of nitrogens with zero attached hydrogens (tertiary/aromatic N) is 1. The van der Waals surface area contributed by atoms with E-state index < -0.39 is 0 Å². The summed E-state index contributed by atoms with van der Waals surface area (Å²) in [6, 6.07) is 11.8. The van der Waals surface area contributed by atoms with E-state index in [2.05, 4.69) is 10.3 Å². The predicted octanol–water partition coefficient (Wildman–Crippen LogP) is 1.91. The van der Waals surface area contributed by atoms with Crippen LogP contribution in [-0.4, -0.2) is 23.8 Å². The van der Waals surface area contributed by atoms with E-state index in [1.165, 1.54) is 0 Å². The molecule has 5 heteroatoms. The quantitative estimate of drug-likeness (QED) is 0.830. The average Bonchev–Trinajstić information content (AvgIpc) is 2.47. The van der Waals surface area contributed by atoms with Gasteiger partial charge >= 0.3 is 0 Å². The second-order valence-electron chi connectivity index (χ2n) is 3.74. The van der Waals surface area contributed by atoms with E-state index in [0.29, 0.717) is 17.1 Å². The van der Waals surface area contributed by atoms with Crippen molar-refractivity contribution in [2.75, 3.05) is 11.9 Å². The zero-order valence-electron chi connectivity index (χ0n) is 10.1. The number of aldehydes is 1. The number of aromatic nitrogens is 1. The molecular formula is C14H12N2O3. The molecule has 19 heavy (non-hydrogen) atoms. The number of hydrogen-bond donors (Lipinski definition) is 1. The van der Waals surface area contributed by atoms with Gasteiger partial charge < -0.3 is 10.1 Å². The van der Waals surface area contributed by atoms with E-state index >= 15 is 0 Å². The van der Waals surface area contributed by atoms with Crippen molar-refractivity contribution >= 4 is 18.0 Å². The molecule has 0 saturated heterocycles. The Hall–Kier alpha value is -2.69. The van der Waals surface area contributed by atoms with Gasteiger partial charge in [0.2, 0.25) is 0 Å². The number of ether oxygens (including phenoxy) is 1. The lowest BCUT2D eigenvalue weighted by Gasteiger charge is -2.06. The number of rotatable bonds is 5. The monoisotopic (exact) mass is 256 g/mol. The Morgan fingerprint density at radius 2 is 2.00 bits per heavy atom. The maximum atomic E-state index is 11.6. The molecule has 2 aromatic rings. The summed E-state index contributed by atoms with van der Waals surface area (Å²) in [5.41, 5.74) is 0.560. The SMILES string of the molecule is O=Cc1ccc(OCC(=O)Nc2ccccn2)cc1. The van der Waals surface area contributed by atoms with Crippen molar-refractivity contribution in [2.24, 2.45) is 0 Å². The van der Waals surface area contributed by atoms with E-state index in [9.17, 15) is 9.59 Å². The highest BCUT2D eigenvalue weighted by molar-refractivity contribution is 5.90. The molecule has 0 atom stereocenters. The zero-order chi connectivity index (χ0) is 13.5. The second kappa shape index (κ2) is 6.30. The van der Waals surface area contributed by atoms with Crippen molar-refractivity contribution in [3.8, 4) is 5.75 Å². The summed E-state index contributed by atoms with van der Waals surface area (Å²) in [7, 11) is 0. The van der Waals surface area contributed by atoms with Gasteiger partial charge in [0.25, 0.3) is 5.91 Å². The van der Waals surface area contributed by atoms with Crippen LogP contribution in [0.4, 0.5) is 5.82 Å². The number of benzene rings is 1. The Morgan fingerprint density at radius 3 is 2.63 bits per heavy atom. The standard InChI is InChI=1S/C14H12N2O3/c17-9-11-4-6-12(7-5-11)19-10-14(18)16-13-3-1-2-8-15-13/h1-9H,10H2,(H,15,16,18). The van der Waals surface area contributed by atoms with Gasteiger partial charge in [-0.05, 0) is 36.4 Å². The van der Waals surface area contributed by atoms with Gasteiger partial charge in [-0.25, -0.2) is 4.98 Å². The normalized spacial score (nSPS) is 9.68. The van der Waals surface area contributed by atoms with Crippen LogP contribution in [0.5, 0.6) is 5.75 Å². The summed E-state index contributed by atoms with van der Waals surface area (Å²) in [5, 5.41) is 2.60. The summed E-state index contributed by atoms with van der Waals surface area (Å²) in [5.74, 6) is 0.715. The lowest BCUT2D eigenvalue weighted by atomic mass is 10.2. The highest BCUT2D eigenvalue weighted by atomic mass is 16.5. The first-order valence-electron chi connectivity index (χ1n) is 5.67. The fourth-order valence-corrected chi connectivity index (χ4v) is 1.41. The van der Waals surface area contributed by atoms with Gasteiger partial charge in [-0.2, -0.15) is 0 Å². The topological polar surface area (TPSA) is 68.3 Å². The molecule has 5 nitrogen and oxygen atoms in total. The van der Waals surface area contributed by atoms with E-state index in [1.54, 1.807) is 48.7 Å². The van der Waals surface area contributed by atoms with Crippen LogP contribution >= 0.6 is 0 Å². The number of pyridine rings is 1. The number of amides is 1. The first-order valence-corrected chi connectivity index (χ1v) is 5.67. The molecule has 2 rings (SSSR count). The van der Waals surface area contributed by atoms with Crippen molar-refractivity contribution < 1.29 is 14.3 Å². The Kier molecular flexibility index (Phi) is 4.23. The molecule has 0 aliphatic rings. The summed E-state index contributed by atoms with van der Waals surface area (Å²) in [6.07, 6.45) is 2.34. The van der Waals surface area contributed by atoms with Crippen LogP contribution in [0.2, 0.25) is 0 Å². The number of carbonyl (C=O) groups is 2. The van der Waals surface area contributed by atoms with Crippen molar-refractivity contribution in [1.82, 2.24) is 4.98 Å². The minimum Gasteiger partial charge on any atom is -0.484 e. The van der Waals surface area contributed by atoms with Crippen molar-refractivity contribution in [3.05, 3.63) is 54.2 Å². The minimum atomic E-state index is -0.293. The molecule has 1 N–H and O–H groups in total. The van der Waals surface area contributed by atoms with Crippen LogP contribution in [0, 0.1) is 0 Å². The van der Waals surface area contributed by atoms with E-state index in [0.717, 1.165) is 6.29 Å². The molecule has 1 aromatic heterocycles. The molecule has 0 saturated carbocycles. The van der Waals surface area contributed by atoms with Crippen molar-refractivity contribution in [1.29, 1.82) is 0 Å². The molecule has 1 amide bonds. The summed E-state index contributed by atoms with van der Waals surface area (Å²) < 4.78 is 5.28. The maximum absolute atomic E-state index is 11.6. The molecule has 1 aromatic carbocycles. The lowest BCUT2D eigenvalue weighted by molar-refractivity contribution is -0.118. The minimum absolute atomic E-state index is 0.114. The summed E-state index contributed by atoms with van der Waals surface area (Å²) in [4.78, 5) is 26.0. The van der Waals surface area contributed by atoms with Gasteiger partial charge in [-0.1, -0.05) is 6.07 Å². The van der Waals surface area contributed by atoms with E-state index in [1.807, 2.05) is 0 Å². The van der Waals surface area contributed by atoms with Crippen molar-refractivity contribution in [3.63, 3.8) is 0 Å². The molecule has 0 bridgehead atoms. The Bertz CT molecular complexity index is 553. The molecule has 0 radical (unpaired) electrons. The van der Waals surface area contributed by atoms with Crippen molar-refractivity contribution in [2.45, 2.75) is 0 Å². The smallest absolute Gasteiger partial charge is 0.263 e. The molecule has 0 aliphatic heterocycles. The average molecular weight is 256 g/mol. The summed E-state index contributed by atoms with van der Waals surface area (Å²) in [6.45, 7) is -0.114. The van der Waals surface area contributed by atoms with Gasteiger partial charge in [0.15, 0.2) is 6.61 Å². The van der Waals surface area contributed by atoms with Crippen LogP contribution < -0.4 is 10.1 Å². The van der Waals surface area contributed by atoms with E-state index in [4.69, 9.17) is 4.74 Å². The van der Waals surface area contributed by atoms with Gasteiger partial charge in [0, 0.05) is 11.8 Å². The molecular weight excluding hydrogens is 244 g/mol. The first kappa shape index (κ1) is 12.8. The predicted molar refractivity (Wildman–Crippen MR) is 70.2 cm³/mol. The second-order valence-corrected chi connectivity index (χ2v) is 3.74. The van der Waals surface area contributed by atoms with E-state index in [-0.39, 0.29) is 12.5 Å². The highest BCUT2D eigenvalue weighted by Gasteiger charge is 2.04. The Balaban J connectivity index is 1.84. The molecule has 0 spiro atoms. The first-order chi connectivity index (χ1) is 9.28. The fraction of sp³-hybridized carbons (Fsp3) is 0.0714. The van der Waals surface area contributed by atoms with Crippen LogP contribution in [0.1, 0.15) is 10.4 Å². The van der Waals surface area contributed by atoms with Crippen LogP contribution in [-0.2, 0) is 4.79 Å². The Labute approximate surface area is 110 Å². The van der Waals surface area contributed by atoms with Gasteiger partial charge in [0.1, 0.15) is 17.9 Å². The van der Waals surface area contributed by atoms with Gasteiger partial charge in [-0.15, -0.1) is 0 Å². The summed E-state index contributed by atoms with van der Waals surface area (Å²) >= 11 is 0. The highest BCUT2D eigenvalue weighted by Crippen LogP contribution is 2.11. The molecule has 0 fully saturated rings. The lowest BCUT2D eigenvalue weighted by Crippen LogP contribution is -2.20. The van der Waals surface area contributed by atoms with Gasteiger partial charge in [0.05, 0.1) is 0 Å². The third kappa shape index (κ3) is 3.92. The number of carbonyl (C=O) groups excluding carboxylic acids is 2. The van der Waals surface area contributed by atoms with Gasteiger partial charge in [-0.3, -0.25) is 9.59 Å². The van der Waals surface area contributed by atoms with Crippen LogP contribution in [0.3, 0.4) is 0 Å².